The van der Waals surface area contributed by atoms with Gasteiger partial charge in [-0.25, -0.2) is 4.39 Å². The molecule has 28 heavy (non-hydrogen) atoms. The van der Waals surface area contributed by atoms with Crippen LogP contribution in [0.5, 0.6) is 0 Å². The van der Waals surface area contributed by atoms with Crippen molar-refractivity contribution in [2.45, 2.75) is 6.42 Å². The van der Waals surface area contributed by atoms with Crippen LogP contribution in [-0.4, -0.2) is 46.4 Å². The molecule has 0 saturated heterocycles. The first-order chi connectivity index (χ1) is 13.6. The number of nitrogens with one attached hydrogen (secondary N) is 1. The zero-order chi connectivity index (χ0) is 19.3. The SMILES string of the molecule is O=C1c2ccccc2C(=O)N1CN1CC=C(c2c[nH]c3ccc(F)cc23)CC1. The van der Waals surface area contributed by atoms with E-state index < -0.39 is 0 Å². The summed E-state index contributed by atoms with van der Waals surface area (Å²) >= 11 is 0. The van der Waals surface area contributed by atoms with Gasteiger partial charge in [-0.1, -0.05) is 18.2 Å². The van der Waals surface area contributed by atoms with E-state index >= 15 is 0 Å². The van der Waals surface area contributed by atoms with Crippen molar-refractivity contribution in [2.24, 2.45) is 0 Å². The molecule has 3 heterocycles. The highest BCUT2D eigenvalue weighted by atomic mass is 19.1. The average Bonchev–Trinajstić information content (AvgIpc) is 3.23. The van der Waals surface area contributed by atoms with Crippen molar-refractivity contribution >= 4 is 28.3 Å². The standard InChI is InChI=1S/C22H18FN3O2/c23-15-5-6-20-18(11-15)19(12-24-20)14-7-9-25(10-8-14)13-26-21(27)16-3-1-2-4-17(16)22(26)28/h1-7,11-12,24H,8-10,13H2. The zero-order valence-electron chi connectivity index (χ0n) is 15.1. The van der Waals surface area contributed by atoms with Gasteiger partial charge >= 0.3 is 0 Å². The number of amides is 2. The molecule has 0 unspecified atom stereocenters. The monoisotopic (exact) mass is 375 g/mol. The van der Waals surface area contributed by atoms with Crippen molar-refractivity contribution in [2.75, 3.05) is 19.8 Å². The summed E-state index contributed by atoms with van der Waals surface area (Å²) in [6.07, 6.45) is 4.78. The molecule has 1 aromatic heterocycles. The van der Waals surface area contributed by atoms with Crippen molar-refractivity contribution in [3.8, 4) is 0 Å². The average molecular weight is 375 g/mol. The molecule has 140 valence electrons. The largest absolute Gasteiger partial charge is 0.361 e. The summed E-state index contributed by atoms with van der Waals surface area (Å²) in [6.45, 7) is 1.63. The fourth-order valence-corrected chi connectivity index (χ4v) is 4.01. The molecule has 2 aliphatic heterocycles. The summed E-state index contributed by atoms with van der Waals surface area (Å²) in [6, 6.07) is 11.7. The minimum absolute atomic E-state index is 0.234. The summed E-state index contributed by atoms with van der Waals surface area (Å²) in [7, 11) is 0. The van der Waals surface area contributed by atoms with Gasteiger partial charge in [-0.3, -0.25) is 19.4 Å². The van der Waals surface area contributed by atoms with E-state index in [4.69, 9.17) is 0 Å². The Kier molecular flexibility index (Phi) is 3.87. The van der Waals surface area contributed by atoms with Crippen molar-refractivity contribution < 1.29 is 14.0 Å². The maximum Gasteiger partial charge on any atom is 0.262 e. The fraction of sp³-hybridized carbons (Fsp3) is 0.182. The normalized spacial score (nSPS) is 17.3. The van der Waals surface area contributed by atoms with Crippen molar-refractivity contribution in [3.05, 3.63) is 77.2 Å². The van der Waals surface area contributed by atoms with Gasteiger partial charge in [-0.15, -0.1) is 0 Å². The van der Waals surface area contributed by atoms with Crippen LogP contribution in [0.4, 0.5) is 4.39 Å². The molecular weight excluding hydrogens is 357 g/mol. The van der Waals surface area contributed by atoms with Gasteiger partial charge in [0.15, 0.2) is 0 Å². The van der Waals surface area contributed by atoms with Gasteiger partial charge in [-0.2, -0.15) is 0 Å². The van der Waals surface area contributed by atoms with Gasteiger partial charge in [-0.05, 0) is 42.3 Å². The lowest BCUT2D eigenvalue weighted by molar-refractivity contribution is 0.0552. The Bertz CT molecular complexity index is 1110. The minimum Gasteiger partial charge on any atom is -0.361 e. The molecule has 0 radical (unpaired) electrons. The van der Waals surface area contributed by atoms with Crippen LogP contribution in [0.15, 0.2) is 54.7 Å². The highest BCUT2D eigenvalue weighted by Crippen LogP contribution is 2.30. The first-order valence-corrected chi connectivity index (χ1v) is 9.25. The van der Waals surface area contributed by atoms with E-state index in [1.807, 2.05) is 6.20 Å². The second-order valence-corrected chi connectivity index (χ2v) is 7.17. The molecule has 6 heteroatoms. The van der Waals surface area contributed by atoms with Crippen molar-refractivity contribution in [3.63, 3.8) is 0 Å². The Labute approximate surface area is 161 Å². The summed E-state index contributed by atoms with van der Waals surface area (Å²) < 4.78 is 13.6. The van der Waals surface area contributed by atoms with E-state index in [0.717, 1.165) is 35.0 Å². The van der Waals surface area contributed by atoms with Crippen LogP contribution in [0.2, 0.25) is 0 Å². The Balaban J connectivity index is 1.33. The number of aromatic amines is 1. The van der Waals surface area contributed by atoms with Crippen LogP contribution in [0, 0.1) is 5.82 Å². The molecule has 0 spiro atoms. The first kappa shape index (κ1) is 16.9. The van der Waals surface area contributed by atoms with Crippen LogP contribution in [-0.2, 0) is 0 Å². The number of fused-ring (bicyclic) bond motifs is 2. The van der Waals surface area contributed by atoms with Gasteiger partial charge in [0.25, 0.3) is 11.8 Å². The van der Waals surface area contributed by atoms with Crippen LogP contribution in [0.1, 0.15) is 32.7 Å². The topological polar surface area (TPSA) is 56.4 Å². The van der Waals surface area contributed by atoms with Crippen LogP contribution < -0.4 is 0 Å². The van der Waals surface area contributed by atoms with E-state index in [0.29, 0.717) is 17.7 Å². The molecule has 1 N–H and O–H groups in total. The van der Waals surface area contributed by atoms with Crippen LogP contribution >= 0.6 is 0 Å². The number of hydrogen-bond donors (Lipinski definition) is 1. The Morgan fingerprint density at radius 2 is 1.75 bits per heavy atom. The molecule has 0 saturated carbocycles. The van der Waals surface area contributed by atoms with E-state index in [2.05, 4.69) is 16.0 Å². The third kappa shape index (κ3) is 2.65. The molecule has 5 rings (SSSR count). The minimum atomic E-state index is -0.253. The highest BCUT2D eigenvalue weighted by molar-refractivity contribution is 6.21. The summed E-state index contributed by atoms with van der Waals surface area (Å²) in [5, 5.41) is 0.875. The molecule has 0 atom stereocenters. The maximum atomic E-state index is 13.6. The zero-order valence-corrected chi connectivity index (χ0v) is 15.1. The van der Waals surface area contributed by atoms with Gasteiger partial charge < -0.3 is 4.98 Å². The van der Waals surface area contributed by atoms with E-state index in [1.165, 1.54) is 11.0 Å². The lowest BCUT2D eigenvalue weighted by Gasteiger charge is -2.29. The molecule has 0 bridgehead atoms. The summed E-state index contributed by atoms with van der Waals surface area (Å²) in [4.78, 5) is 31.6. The fourth-order valence-electron chi connectivity index (χ4n) is 4.01. The van der Waals surface area contributed by atoms with Crippen LogP contribution in [0.3, 0.4) is 0 Å². The Morgan fingerprint density at radius 1 is 1.00 bits per heavy atom. The van der Waals surface area contributed by atoms with Crippen molar-refractivity contribution in [1.82, 2.24) is 14.8 Å². The lowest BCUT2D eigenvalue weighted by atomic mass is 9.99. The molecule has 0 fully saturated rings. The molecule has 0 aliphatic carbocycles. The molecule has 2 aliphatic rings. The number of halogens is 1. The second kappa shape index (κ2) is 6.42. The summed E-state index contributed by atoms with van der Waals surface area (Å²) in [5.41, 5.74) is 4.01. The number of carbonyl (C=O) groups is 2. The van der Waals surface area contributed by atoms with E-state index in [-0.39, 0.29) is 24.3 Å². The van der Waals surface area contributed by atoms with E-state index in [9.17, 15) is 14.0 Å². The predicted molar refractivity (Wildman–Crippen MR) is 104 cm³/mol. The smallest absolute Gasteiger partial charge is 0.262 e. The molecular formula is C22H18FN3O2. The van der Waals surface area contributed by atoms with Gasteiger partial charge in [0.2, 0.25) is 0 Å². The maximum absolute atomic E-state index is 13.6. The number of rotatable bonds is 3. The van der Waals surface area contributed by atoms with Crippen LogP contribution in [0.25, 0.3) is 16.5 Å². The second-order valence-electron chi connectivity index (χ2n) is 7.17. The van der Waals surface area contributed by atoms with E-state index in [1.54, 1.807) is 36.4 Å². The quantitative estimate of drug-likeness (QED) is 0.711. The number of benzene rings is 2. The third-order valence-corrected chi connectivity index (χ3v) is 5.50. The number of nitrogens with zero attached hydrogens (tertiary/aromatic N) is 2. The number of carbonyl (C=O) groups excluding carboxylic acids is 2. The molecule has 3 aromatic rings. The first-order valence-electron chi connectivity index (χ1n) is 9.25. The number of imide groups is 1. The number of aromatic nitrogens is 1. The Hall–Kier alpha value is -3.25. The number of hydrogen-bond acceptors (Lipinski definition) is 3. The molecule has 5 nitrogen and oxygen atoms in total. The predicted octanol–water partition coefficient (Wildman–Crippen LogP) is 3.65. The number of H-pyrrole nitrogens is 1. The highest BCUT2D eigenvalue weighted by Gasteiger charge is 2.36. The third-order valence-electron chi connectivity index (χ3n) is 5.50. The summed E-state index contributed by atoms with van der Waals surface area (Å²) in [5.74, 6) is -0.720. The lowest BCUT2D eigenvalue weighted by Crippen LogP contribution is -2.42. The van der Waals surface area contributed by atoms with Gasteiger partial charge in [0.1, 0.15) is 5.82 Å². The van der Waals surface area contributed by atoms with Gasteiger partial charge in [0, 0.05) is 35.8 Å². The Morgan fingerprint density at radius 3 is 2.43 bits per heavy atom. The van der Waals surface area contributed by atoms with Gasteiger partial charge in [0.05, 0.1) is 17.8 Å². The van der Waals surface area contributed by atoms with Crippen molar-refractivity contribution in [1.29, 1.82) is 0 Å². The molecule has 2 aromatic carbocycles. The molecule has 2 amide bonds.